The van der Waals surface area contributed by atoms with Crippen molar-refractivity contribution in [3.63, 3.8) is 0 Å². The summed E-state index contributed by atoms with van der Waals surface area (Å²) in [5, 5.41) is 0. The molecule has 0 radical (unpaired) electrons. The quantitative estimate of drug-likeness (QED) is 0.119. The second-order valence-electron chi connectivity index (χ2n) is 15.9. The zero-order chi connectivity index (χ0) is 41.3. The van der Waals surface area contributed by atoms with Crippen LogP contribution in [0, 0.1) is 0 Å². The summed E-state index contributed by atoms with van der Waals surface area (Å²) in [6, 6.07) is 28.5. The maximum Gasteiger partial charge on any atom is 0.421 e. The molecular weight excluding hydrogens is 796 g/mol. The number of imide groups is 2. The average Bonchev–Trinajstić information content (AvgIpc) is 3.55. The normalized spacial score (nSPS) is 18.8. The number of fused-ring (bicyclic) bond motifs is 2. The van der Waals surface area contributed by atoms with E-state index in [-0.39, 0.29) is 40.2 Å². The Morgan fingerprint density at radius 1 is 0.561 bits per heavy atom. The van der Waals surface area contributed by atoms with E-state index in [1.54, 1.807) is 126 Å². The zero-order valence-electron chi connectivity index (χ0n) is 32.5. The molecule has 2 aliphatic heterocycles. The van der Waals surface area contributed by atoms with Gasteiger partial charge in [0, 0.05) is 4.47 Å². The molecule has 0 bridgehead atoms. The van der Waals surface area contributed by atoms with Gasteiger partial charge in [0.05, 0.1) is 24.2 Å². The van der Waals surface area contributed by atoms with Crippen molar-refractivity contribution in [3.8, 4) is 0 Å². The smallest absolute Gasteiger partial charge is 0.421 e. The van der Waals surface area contributed by atoms with Crippen LogP contribution in [-0.2, 0) is 62.2 Å². The van der Waals surface area contributed by atoms with Crippen LogP contribution < -0.4 is 9.80 Å². The Labute approximate surface area is 339 Å². The molecule has 0 fully saturated rings. The van der Waals surface area contributed by atoms with Crippen molar-refractivity contribution in [2.24, 2.45) is 0 Å². The molecule has 12 nitrogen and oxygen atoms in total. The second-order valence-corrected chi connectivity index (χ2v) is 16.7. The van der Waals surface area contributed by atoms with Crippen LogP contribution in [0.15, 0.2) is 108 Å². The maximum atomic E-state index is 15.7. The fourth-order valence-electron chi connectivity index (χ4n) is 7.39. The minimum atomic E-state index is -2.42. The van der Waals surface area contributed by atoms with Gasteiger partial charge in [0.25, 0.3) is 0 Å². The van der Waals surface area contributed by atoms with Gasteiger partial charge in [0.2, 0.25) is 11.8 Å². The van der Waals surface area contributed by atoms with Crippen LogP contribution in [-0.4, -0.2) is 47.1 Å². The molecule has 57 heavy (non-hydrogen) atoms. The number of carbonyl (C=O) groups excluding carboxylic acids is 6. The lowest BCUT2D eigenvalue weighted by molar-refractivity contribution is -0.156. The Morgan fingerprint density at radius 2 is 0.982 bits per heavy atom. The average molecular weight is 840 g/mol. The van der Waals surface area contributed by atoms with Gasteiger partial charge in [-0.3, -0.25) is 19.2 Å². The Hall–Kier alpha value is -5.82. The van der Waals surface area contributed by atoms with Gasteiger partial charge in [0.1, 0.15) is 35.2 Å². The highest BCUT2D eigenvalue weighted by Gasteiger charge is 2.74. The van der Waals surface area contributed by atoms with Gasteiger partial charge >= 0.3 is 24.1 Å². The molecule has 296 valence electrons. The van der Waals surface area contributed by atoms with Crippen molar-refractivity contribution < 1.29 is 47.7 Å². The molecule has 4 aromatic rings. The molecule has 0 aromatic heterocycles. The molecule has 6 rings (SSSR count). The molecule has 0 N–H and O–H groups in total. The van der Waals surface area contributed by atoms with Gasteiger partial charge in [-0.1, -0.05) is 91.0 Å². The summed E-state index contributed by atoms with van der Waals surface area (Å²) in [6.07, 6.45) is -3.87. The third-order valence-electron chi connectivity index (χ3n) is 9.60. The number of rotatable bonds is 9. The molecule has 0 saturated carbocycles. The highest BCUT2D eigenvalue weighted by atomic mass is 79.9. The second kappa shape index (κ2) is 15.6. The third kappa shape index (κ3) is 7.80. The van der Waals surface area contributed by atoms with E-state index in [1.165, 1.54) is 18.2 Å². The summed E-state index contributed by atoms with van der Waals surface area (Å²) in [4.78, 5) is 90.1. The van der Waals surface area contributed by atoms with Gasteiger partial charge in [-0.2, -0.15) is 0 Å². The largest absolute Gasteiger partial charge is 0.461 e. The molecule has 2 aliphatic rings. The van der Waals surface area contributed by atoms with Gasteiger partial charge < -0.3 is 18.9 Å². The molecule has 0 spiro atoms. The number of amides is 4. The SMILES string of the molecule is CC(C)(C)OC(=O)N1C(=O)[C@](CC(=O)OCc2ccccc2)([C@@]2(CC(=O)OCc3ccccc3)C(=O)N(C(=O)OC(C)(C)C)c3c(Br)cccc32)c2ccccc21. The van der Waals surface area contributed by atoms with Gasteiger partial charge in [-0.05, 0) is 91.9 Å². The third-order valence-corrected chi connectivity index (χ3v) is 10.2. The molecule has 0 saturated heterocycles. The number of para-hydroxylation sites is 2. The van der Waals surface area contributed by atoms with Crippen molar-refractivity contribution in [1.82, 2.24) is 0 Å². The highest BCUT2D eigenvalue weighted by Crippen LogP contribution is 2.63. The van der Waals surface area contributed by atoms with Crippen LogP contribution in [0.5, 0.6) is 0 Å². The maximum absolute atomic E-state index is 15.7. The first-order valence-electron chi connectivity index (χ1n) is 18.3. The van der Waals surface area contributed by atoms with Crippen LogP contribution in [0.2, 0.25) is 0 Å². The highest BCUT2D eigenvalue weighted by molar-refractivity contribution is 9.10. The molecule has 4 aromatic carbocycles. The lowest BCUT2D eigenvalue weighted by Gasteiger charge is -2.43. The Bertz CT molecular complexity index is 2230. The summed E-state index contributed by atoms with van der Waals surface area (Å²) in [6.45, 7) is 9.38. The molecule has 2 atom stereocenters. The van der Waals surface area contributed by atoms with E-state index >= 15 is 9.59 Å². The lowest BCUT2D eigenvalue weighted by atomic mass is 9.54. The number of anilines is 2. The van der Waals surface area contributed by atoms with Crippen LogP contribution in [0.25, 0.3) is 0 Å². The standard InChI is InChI=1S/C44H43BrN2O10/c1-41(2,3)56-39(52)46-33-23-14-13-20-30(33)43(37(46)50,24-34(48)54-26-28-16-9-7-10-17-28)44(25-35(49)55-27-29-18-11-8-12-19-29)31-21-15-22-32(45)36(31)47(38(44)51)40(53)57-42(4,5)6/h7-23H,24-27H2,1-6H3/t43-,44-/m1/s1. The minimum Gasteiger partial charge on any atom is -0.461 e. The summed E-state index contributed by atoms with van der Waals surface area (Å²) >= 11 is 3.51. The van der Waals surface area contributed by atoms with Crippen molar-refractivity contribution in [1.29, 1.82) is 0 Å². The molecule has 2 heterocycles. The number of esters is 2. The molecule has 4 amide bonds. The topological polar surface area (TPSA) is 146 Å². The Morgan fingerprint density at radius 3 is 1.49 bits per heavy atom. The predicted octanol–water partition coefficient (Wildman–Crippen LogP) is 8.46. The Kier molecular flexibility index (Phi) is 11.2. The number of hydrogen-bond donors (Lipinski definition) is 0. The van der Waals surface area contributed by atoms with Crippen LogP contribution in [0.1, 0.15) is 76.6 Å². The zero-order valence-corrected chi connectivity index (χ0v) is 34.1. The summed E-state index contributed by atoms with van der Waals surface area (Å²) in [7, 11) is 0. The first-order valence-corrected chi connectivity index (χ1v) is 19.1. The Balaban J connectivity index is 1.62. The summed E-state index contributed by atoms with van der Waals surface area (Å²) in [5.74, 6) is -3.96. The van der Waals surface area contributed by atoms with Gasteiger partial charge in [-0.15, -0.1) is 0 Å². The molecule has 0 unspecified atom stereocenters. The first-order chi connectivity index (χ1) is 26.9. The molecule has 0 aliphatic carbocycles. The summed E-state index contributed by atoms with van der Waals surface area (Å²) in [5.41, 5.74) is -5.59. The number of nitrogens with zero attached hydrogens (tertiary/aromatic N) is 2. The fraction of sp³-hybridized carbons (Fsp3) is 0.318. The van der Waals surface area contributed by atoms with Gasteiger partial charge in [-0.25, -0.2) is 19.4 Å². The van der Waals surface area contributed by atoms with E-state index in [2.05, 4.69) is 15.9 Å². The summed E-state index contributed by atoms with van der Waals surface area (Å²) < 4.78 is 23.3. The number of ether oxygens (including phenoxy) is 4. The number of benzene rings is 4. The van der Waals surface area contributed by atoms with E-state index in [4.69, 9.17) is 18.9 Å². The van der Waals surface area contributed by atoms with Crippen LogP contribution in [0.3, 0.4) is 0 Å². The van der Waals surface area contributed by atoms with E-state index in [9.17, 15) is 19.2 Å². The number of halogens is 1. The van der Waals surface area contributed by atoms with E-state index in [1.807, 2.05) is 0 Å². The van der Waals surface area contributed by atoms with Crippen LogP contribution >= 0.6 is 15.9 Å². The number of hydrogen-bond acceptors (Lipinski definition) is 10. The first kappa shape index (κ1) is 40.8. The predicted molar refractivity (Wildman–Crippen MR) is 213 cm³/mol. The van der Waals surface area contributed by atoms with E-state index < -0.39 is 70.8 Å². The lowest BCUT2D eigenvalue weighted by Crippen LogP contribution is -2.62. The number of carbonyl (C=O) groups is 6. The van der Waals surface area contributed by atoms with E-state index in [0.717, 1.165) is 9.80 Å². The fourth-order valence-corrected chi connectivity index (χ4v) is 7.93. The molecule has 13 heteroatoms. The van der Waals surface area contributed by atoms with Crippen molar-refractivity contribution in [2.45, 2.75) is 89.6 Å². The van der Waals surface area contributed by atoms with Crippen molar-refractivity contribution >= 4 is 63.2 Å². The van der Waals surface area contributed by atoms with Crippen LogP contribution in [0.4, 0.5) is 21.0 Å². The van der Waals surface area contributed by atoms with Gasteiger partial charge in [0.15, 0.2) is 0 Å². The van der Waals surface area contributed by atoms with Crippen molar-refractivity contribution in [3.05, 3.63) is 130 Å². The van der Waals surface area contributed by atoms with E-state index in [0.29, 0.717) is 11.1 Å². The van der Waals surface area contributed by atoms with Crippen molar-refractivity contribution in [2.75, 3.05) is 9.80 Å². The monoisotopic (exact) mass is 838 g/mol. The molecular formula is C44H43BrN2O10. The minimum absolute atomic E-state index is 0.00867.